The van der Waals surface area contributed by atoms with Gasteiger partial charge in [-0.3, -0.25) is 30.9 Å². The van der Waals surface area contributed by atoms with Crippen LogP contribution in [-0.2, 0) is 19.1 Å². The van der Waals surface area contributed by atoms with E-state index in [9.17, 15) is 9.59 Å². The standard InChI is InChI=1S/C27H45N9O4S2/c28-16-3-1-2-4-17(16)33-27-34-25(21(24(29)38)26-30-13-31-36(26)27)32-14-9-19(41-12-14)15-11-40-22-18(37)10-20(42-23(15)22)35-5-7-39-8-6-35/h10,14-17,19,21-23,25-27,30-34H,1-9,11-13,28H2,(H2,29,38)/p+1/t14?,15?,16-,17+,19?,21?,22?,23?,25?,26?,27?/m1/s1. The van der Waals surface area contributed by atoms with Crippen molar-refractivity contribution in [1.82, 2.24) is 36.6 Å². The minimum Gasteiger partial charge on any atom is -0.378 e. The Hall–Kier alpha value is -0.980. The maximum absolute atomic E-state index is 13.0. The molecule has 9 unspecified atom stereocenters. The summed E-state index contributed by atoms with van der Waals surface area (Å²) in [7, 11) is 0. The van der Waals surface area contributed by atoms with Gasteiger partial charge < -0.3 is 25.8 Å². The fraction of sp³-hybridized carbons (Fsp3) is 0.852. The molecule has 0 aromatic rings. The predicted molar refractivity (Wildman–Crippen MR) is 160 cm³/mol. The fourth-order valence-corrected chi connectivity index (χ4v) is 11.0. The number of nitrogens with zero attached hydrogens (tertiary/aromatic N) is 2. The molecular weight excluding hydrogens is 578 g/mol. The molecule has 5 saturated heterocycles. The van der Waals surface area contributed by atoms with E-state index in [1.54, 1.807) is 6.08 Å². The van der Waals surface area contributed by atoms with Crippen LogP contribution in [0.25, 0.3) is 0 Å². The molecule has 15 heteroatoms. The van der Waals surface area contributed by atoms with Crippen LogP contribution in [0.5, 0.6) is 0 Å². The summed E-state index contributed by atoms with van der Waals surface area (Å²) in [5.41, 5.74) is 13.8. The number of ketones is 1. The molecule has 10 N–H and O–H groups in total. The Kier molecular flexibility index (Phi) is 9.05. The van der Waals surface area contributed by atoms with Gasteiger partial charge in [0.25, 0.3) is 0 Å². The van der Waals surface area contributed by atoms with Gasteiger partial charge in [0.05, 0.1) is 67.1 Å². The van der Waals surface area contributed by atoms with Gasteiger partial charge in [0.15, 0.2) is 5.78 Å². The average Bonchev–Trinajstić information content (AvgIpc) is 3.75. The summed E-state index contributed by atoms with van der Waals surface area (Å²) in [4.78, 5) is 28.1. The summed E-state index contributed by atoms with van der Waals surface area (Å²) in [5, 5.41) is 18.4. The number of nitrogens with two attached hydrogens (primary N) is 1. The number of morpholine rings is 1. The van der Waals surface area contributed by atoms with Crippen LogP contribution in [0.15, 0.2) is 11.1 Å². The average molecular weight is 625 g/mol. The molecule has 6 aliphatic heterocycles. The van der Waals surface area contributed by atoms with Gasteiger partial charge in [-0.15, -0.1) is 11.8 Å². The molecule has 6 fully saturated rings. The molecule has 0 spiro atoms. The summed E-state index contributed by atoms with van der Waals surface area (Å²) in [5.74, 6) is 0.554. The molecule has 7 rings (SSSR count). The van der Waals surface area contributed by atoms with Gasteiger partial charge in [-0.1, -0.05) is 6.42 Å². The minimum atomic E-state index is -0.448. The first-order chi connectivity index (χ1) is 20.5. The van der Waals surface area contributed by atoms with Gasteiger partial charge in [0, 0.05) is 48.5 Å². The van der Waals surface area contributed by atoms with E-state index < -0.39 is 5.92 Å². The van der Waals surface area contributed by atoms with Crippen molar-refractivity contribution in [3.05, 3.63) is 11.1 Å². The molecule has 1 saturated carbocycles. The highest BCUT2D eigenvalue weighted by Gasteiger charge is 2.52. The van der Waals surface area contributed by atoms with Gasteiger partial charge in [-0.25, -0.2) is 5.43 Å². The molecule has 234 valence electrons. The number of thioether (sulfide) groups is 2. The van der Waals surface area contributed by atoms with E-state index in [2.05, 4.69) is 42.3 Å². The van der Waals surface area contributed by atoms with Crippen molar-refractivity contribution in [2.75, 3.05) is 45.3 Å². The summed E-state index contributed by atoms with van der Waals surface area (Å²) in [6.45, 7) is 4.24. The predicted octanol–water partition coefficient (Wildman–Crippen LogP) is -2.53. The highest BCUT2D eigenvalue weighted by atomic mass is 32.2. The lowest BCUT2D eigenvalue weighted by Gasteiger charge is -2.48. The molecule has 6 heterocycles. The van der Waals surface area contributed by atoms with Crippen molar-refractivity contribution in [3.63, 3.8) is 0 Å². The summed E-state index contributed by atoms with van der Waals surface area (Å²) >= 11 is 3.78. The van der Waals surface area contributed by atoms with Crippen LogP contribution in [0.2, 0.25) is 0 Å². The molecule has 42 heavy (non-hydrogen) atoms. The molecule has 11 atom stereocenters. The third kappa shape index (κ3) is 5.87. The van der Waals surface area contributed by atoms with Crippen LogP contribution < -0.4 is 38.2 Å². The number of carbonyl (C=O) groups excluding carboxylic acids is 2. The number of hydrazine groups is 1. The molecule has 13 nitrogen and oxygen atoms in total. The Morgan fingerprint density at radius 1 is 1.19 bits per heavy atom. The van der Waals surface area contributed by atoms with Crippen LogP contribution in [0.1, 0.15) is 32.1 Å². The monoisotopic (exact) mass is 624 g/mol. The summed E-state index contributed by atoms with van der Waals surface area (Å²) < 4.78 is 11.6. The van der Waals surface area contributed by atoms with Crippen molar-refractivity contribution in [1.29, 1.82) is 0 Å². The molecule has 1 aliphatic carbocycles. The smallest absolute Gasteiger partial charge is 0.226 e. The van der Waals surface area contributed by atoms with Gasteiger partial charge in [-0.05, 0) is 19.3 Å². The molecule has 0 radical (unpaired) electrons. The normalized spacial score (nSPS) is 44.6. The Morgan fingerprint density at radius 2 is 2.02 bits per heavy atom. The lowest BCUT2D eigenvalue weighted by atomic mass is 9.90. The largest absolute Gasteiger partial charge is 0.378 e. The first-order valence-electron chi connectivity index (χ1n) is 15.6. The number of quaternary nitrogens is 1. The maximum atomic E-state index is 13.0. The first kappa shape index (κ1) is 29.7. The summed E-state index contributed by atoms with van der Waals surface area (Å²) in [6.07, 6.45) is 6.41. The Morgan fingerprint density at radius 3 is 2.83 bits per heavy atom. The van der Waals surface area contributed by atoms with E-state index in [4.69, 9.17) is 15.2 Å². The third-order valence-electron chi connectivity index (χ3n) is 10.0. The minimum absolute atomic E-state index is 0.0966. The van der Waals surface area contributed by atoms with E-state index in [1.165, 1.54) is 12.8 Å². The van der Waals surface area contributed by atoms with E-state index in [-0.39, 0.29) is 47.7 Å². The number of hydrogen-bond acceptors (Lipinski definition) is 13. The van der Waals surface area contributed by atoms with Gasteiger partial charge in [0.1, 0.15) is 12.4 Å². The number of hydrogen-bond donors (Lipinski definition) is 7. The van der Waals surface area contributed by atoms with Gasteiger partial charge in [-0.2, -0.15) is 16.8 Å². The van der Waals surface area contributed by atoms with E-state index in [1.807, 2.05) is 23.5 Å². The topological polar surface area (TPSA) is 173 Å². The van der Waals surface area contributed by atoms with Gasteiger partial charge in [0.2, 0.25) is 5.91 Å². The quantitative estimate of drug-likeness (QED) is 0.158. The lowest BCUT2D eigenvalue weighted by Crippen LogP contribution is -2.79. The van der Waals surface area contributed by atoms with Gasteiger partial charge >= 0.3 is 0 Å². The maximum Gasteiger partial charge on any atom is 0.226 e. The van der Waals surface area contributed by atoms with Crippen molar-refractivity contribution in [2.24, 2.45) is 17.6 Å². The number of ether oxygens (including phenoxy) is 2. The highest BCUT2D eigenvalue weighted by molar-refractivity contribution is 8.04. The van der Waals surface area contributed by atoms with E-state index >= 15 is 0 Å². The zero-order valence-corrected chi connectivity index (χ0v) is 25.7. The Labute approximate surface area is 255 Å². The Bertz CT molecular complexity index is 1050. The van der Waals surface area contributed by atoms with E-state index in [0.717, 1.165) is 43.1 Å². The van der Waals surface area contributed by atoms with Crippen LogP contribution >= 0.6 is 23.5 Å². The number of amides is 1. The number of primary amides is 1. The van der Waals surface area contributed by atoms with Crippen LogP contribution in [0.3, 0.4) is 0 Å². The zero-order valence-electron chi connectivity index (χ0n) is 24.0. The van der Waals surface area contributed by atoms with Crippen molar-refractivity contribution in [3.8, 4) is 0 Å². The molecule has 0 aromatic carbocycles. The Balaban J connectivity index is 1.01. The second kappa shape index (κ2) is 12.8. The number of rotatable bonds is 7. The third-order valence-corrected chi connectivity index (χ3v) is 13.1. The number of carbonyl (C=O) groups is 2. The van der Waals surface area contributed by atoms with Crippen LogP contribution in [0.4, 0.5) is 0 Å². The van der Waals surface area contributed by atoms with E-state index in [0.29, 0.717) is 49.7 Å². The van der Waals surface area contributed by atoms with Crippen molar-refractivity contribution < 1.29 is 24.8 Å². The van der Waals surface area contributed by atoms with Crippen molar-refractivity contribution in [2.45, 2.75) is 85.5 Å². The molecule has 0 aromatic heterocycles. The van der Waals surface area contributed by atoms with Crippen LogP contribution in [-0.4, -0.2) is 120 Å². The number of nitrogens with one attached hydrogen (secondary N) is 5. The lowest BCUT2D eigenvalue weighted by molar-refractivity contribution is -0.431. The molecular formula is C27H46N9O4S2+. The molecule has 0 bridgehead atoms. The SMILES string of the molecule is NC(=O)C1C(NC2CSC(C3COC4C(=O)C=C(N5CCOCC5)SC43)C2)NC(N[C@H]2CCCC[C@H]2[NH3+])N2NCNC12. The second-order valence-corrected chi connectivity index (χ2v) is 15.1. The van der Waals surface area contributed by atoms with Crippen molar-refractivity contribution >= 4 is 35.2 Å². The number of fused-ring (bicyclic) bond motifs is 2. The fourth-order valence-electron chi connectivity index (χ4n) is 7.75. The summed E-state index contributed by atoms with van der Waals surface area (Å²) in [6, 6.07) is 0.898. The van der Waals surface area contributed by atoms with Crippen LogP contribution in [0, 0.1) is 11.8 Å². The molecule has 1 amide bonds. The zero-order chi connectivity index (χ0) is 28.8. The molecule has 7 aliphatic rings. The highest BCUT2D eigenvalue weighted by Crippen LogP contribution is 2.47. The first-order valence-corrected chi connectivity index (χ1v) is 17.5. The second-order valence-electron chi connectivity index (χ2n) is 12.6.